The molecular formula is C14H28N2O. The number of nitrogens with one attached hydrogen (secondary N) is 1. The van der Waals surface area contributed by atoms with E-state index in [1.807, 2.05) is 7.11 Å². The quantitative estimate of drug-likeness (QED) is 0.817. The van der Waals surface area contributed by atoms with Gasteiger partial charge in [-0.05, 0) is 39.0 Å². The molecule has 0 aromatic heterocycles. The molecule has 3 nitrogen and oxygen atoms in total. The van der Waals surface area contributed by atoms with Crippen molar-refractivity contribution in [3.8, 4) is 0 Å². The highest BCUT2D eigenvalue weighted by Crippen LogP contribution is 2.31. The van der Waals surface area contributed by atoms with E-state index >= 15 is 0 Å². The van der Waals surface area contributed by atoms with Gasteiger partial charge in [-0.3, -0.25) is 4.90 Å². The van der Waals surface area contributed by atoms with E-state index in [9.17, 15) is 0 Å². The lowest BCUT2D eigenvalue weighted by molar-refractivity contribution is -0.0252. The predicted octanol–water partition coefficient (Wildman–Crippen LogP) is 2.02. The molecule has 0 spiro atoms. The number of piperazine rings is 1. The van der Waals surface area contributed by atoms with Crippen LogP contribution in [0.1, 0.15) is 46.0 Å². The summed E-state index contributed by atoms with van der Waals surface area (Å²) in [5.74, 6) is 0. The minimum atomic E-state index is 0.346. The van der Waals surface area contributed by atoms with Crippen molar-refractivity contribution in [3.05, 3.63) is 0 Å². The number of methoxy groups -OCH3 is 1. The Morgan fingerprint density at radius 2 is 2.24 bits per heavy atom. The molecular weight excluding hydrogens is 212 g/mol. The molecule has 0 aromatic rings. The molecule has 0 aromatic carbocycles. The Kier molecular flexibility index (Phi) is 4.45. The maximum Gasteiger partial charge on any atom is 0.0586 e. The van der Waals surface area contributed by atoms with Gasteiger partial charge in [0.15, 0.2) is 0 Å². The highest BCUT2D eigenvalue weighted by Gasteiger charge is 2.38. The lowest BCUT2D eigenvalue weighted by Gasteiger charge is -2.50. The van der Waals surface area contributed by atoms with Crippen LogP contribution in [0.5, 0.6) is 0 Å². The zero-order valence-corrected chi connectivity index (χ0v) is 11.7. The fourth-order valence-electron chi connectivity index (χ4n) is 3.50. The van der Waals surface area contributed by atoms with Crippen LogP contribution in [0.15, 0.2) is 0 Å². The van der Waals surface area contributed by atoms with Crippen molar-refractivity contribution >= 4 is 0 Å². The van der Waals surface area contributed by atoms with Gasteiger partial charge >= 0.3 is 0 Å². The molecule has 1 saturated heterocycles. The maximum absolute atomic E-state index is 5.57. The molecule has 2 fully saturated rings. The summed E-state index contributed by atoms with van der Waals surface area (Å²) in [6.07, 6.45) is 6.88. The van der Waals surface area contributed by atoms with Crippen molar-refractivity contribution in [3.63, 3.8) is 0 Å². The van der Waals surface area contributed by atoms with Crippen LogP contribution in [0.3, 0.4) is 0 Å². The molecule has 100 valence electrons. The third-order valence-electron chi connectivity index (χ3n) is 4.86. The predicted molar refractivity (Wildman–Crippen MR) is 71.3 cm³/mol. The monoisotopic (exact) mass is 240 g/mol. The molecule has 0 bridgehead atoms. The van der Waals surface area contributed by atoms with Gasteiger partial charge in [0.2, 0.25) is 0 Å². The number of rotatable bonds is 3. The van der Waals surface area contributed by atoms with E-state index in [0.29, 0.717) is 11.6 Å². The van der Waals surface area contributed by atoms with Gasteiger partial charge in [0.1, 0.15) is 0 Å². The van der Waals surface area contributed by atoms with Crippen LogP contribution in [0.25, 0.3) is 0 Å². The van der Waals surface area contributed by atoms with Crippen molar-refractivity contribution in [1.29, 1.82) is 0 Å². The van der Waals surface area contributed by atoms with Crippen LogP contribution < -0.4 is 5.32 Å². The topological polar surface area (TPSA) is 24.5 Å². The van der Waals surface area contributed by atoms with Gasteiger partial charge in [0.25, 0.3) is 0 Å². The van der Waals surface area contributed by atoms with Crippen LogP contribution in [-0.2, 0) is 4.74 Å². The summed E-state index contributed by atoms with van der Waals surface area (Å²) in [6.45, 7) is 8.21. The average Bonchev–Trinajstić information content (AvgIpc) is 2.39. The normalized spacial score (nSPS) is 40.4. The van der Waals surface area contributed by atoms with Crippen LogP contribution in [-0.4, -0.2) is 49.3 Å². The fraction of sp³-hybridized carbons (Fsp3) is 1.00. The molecule has 1 aliphatic carbocycles. The van der Waals surface area contributed by atoms with Gasteiger partial charge in [-0.15, -0.1) is 0 Å². The maximum atomic E-state index is 5.57. The highest BCUT2D eigenvalue weighted by molar-refractivity contribution is 4.96. The Balaban J connectivity index is 2.03. The number of hydrogen-bond acceptors (Lipinski definition) is 3. The largest absolute Gasteiger partial charge is 0.381 e. The Morgan fingerprint density at radius 3 is 2.94 bits per heavy atom. The molecule has 1 N–H and O–H groups in total. The van der Waals surface area contributed by atoms with Gasteiger partial charge in [-0.25, -0.2) is 0 Å². The minimum Gasteiger partial charge on any atom is -0.381 e. The number of nitrogens with zero attached hydrogens (tertiary/aromatic N) is 1. The zero-order valence-electron chi connectivity index (χ0n) is 11.7. The van der Waals surface area contributed by atoms with E-state index in [-0.39, 0.29) is 0 Å². The first-order valence-corrected chi connectivity index (χ1v) is 7.20. The second kappa shape index (κ2) is 5.68. The van der Waals surface area contributed by atoms with Gasteiger partial charge in [0, 0.05) is 38.3 Å². The van der Waals surface area contributed by atoms with Gasteiger partial charge in [-0.2, -0.15) is 0 Å². The summed E-state index contributed by atoms with van der Waals surface area (Å²) in [5, 5.41) is 3.55. The molecule has 3 heteroatoms. The first-order valence-electron chi connectivity index (χ1n) is 7.20. The SMILES string of the molecule is CCC1(C)CNCCN1C1CCCC(OC)C1. The van der Waals surface area contributed by atoms with Crippen LogP contribution >= 0.6 is 0 Å². The van der Waals surface area contributed by atoms with Crippen molar-refractivity contribution in [2.24, 2.45) is 0 Å². The third kappa shape index (κ3) is 2.83. The molecule has 1 saturated carbocycles. The second-order valence-corrected chi connectivity index (χ2v) is 5.90. The van der Waals surface area contributed by atoms with E-state index < -0.39 is 0 Å². The molecule has 1 heterocycles. The molecule has 3 atom stereocenters. The Bertz CT molecular complexity index is 246. The number of hydrogen-bond donors (Lipinski definition) is 1. The third-order valence-corrected chi connectivity index (χ3v) is 4.86. The van der Waals surface area contributed by atoms with E-state index in [1.165, 1.54) is 38.6 Å². The van der Waals surface area contributed by atoms with Crippen molar-refractivity contribution < 1.29 is 4.74 Å². The zero-order chi connectivity index (χ0) is 12.3. The minimum absolute atomic E-state index is 0.346. The van der Waals surface area contributed by atoms with Gasteiger partial charge in [-0.1, -0.05) is 6.92 Å². The van der Waals surface area contributed by atoms with E-state index in [0.717, 1.165) is 19.1 Å². The second-order valence-electron chi connectivity index (χ2n) is 5.90. The first-order chi connectivity index (χ1) is 8.19. The molecule has 2 rings (SSSR count). The molecule has 1 aliphatic heterocycles. The van der Waals surface area contributed by atoms with Gasteiger partial charge < -0.3 is 10.1 Å². The van der Waals surface area contributed by atoms with E-state index in [2.05, 4.69) is 24.1 Å². The molecule has 0 radical (unpaired) electrons. The van der Waals surface area contributed by atoms with Crippen LogP contribution in [0.2, 0.25) is 0 Å². The lowest BCUT2D eigenvalue weighted by atomic mass is 9.85. The molecule has 17 heavy (non-hydrogen) atoms. The summed E-state index contributed by atoms with van der Waals surface area (Å²) in [6, 6.07) is 0.737. The summed E-state index contributed by atoms with van der Waals surface area (Å²) >= 11 is 0. The molecule has 2 aliphatic rings. The molecule has 0 amide bonds. The van der Waals surface area contributed by atoms with Gasteiger partial charge in [0.05, 0.1) is 6.10 Å². The Hall–Kier alpha value is -0.120. The molecule has 3 unspecified atom stereocenters. The van der Waals surface area contributed by atoms with Crippen LogP contribution in [0, 0.1) is 0 Å². The van der Waals surface area contributed by atoms with E-state index in [1.54, 1.807) is 0 Å². The Labute approximate surface area is 106 Å². The number of ether oxygens (including phenoxy) is 1. The van der Waals surface area contributed by atoms with E-state index in [4.69, 9.17) is 4.74 Å². The van der Waals surface area contributed by atoms with Crippen molar-refractivity contribution in [2.75, 3.05) is 26.7 Å². The summed E-state index contributed by atoms with van der Waals surface area (Å²) in [5.41, 5.74) is 0.346. The summed E-state index contributed by atoms with van der Waals surface area (Å²) in [7, 11) is 1.86. The average molecular weight is 240 g/mol. The lowest BCUT2D eigenvalue weighted by Crippen LogP contribution is -2.63. The van der Waals surface area contributed by atoms with Crippen molar-refractivity contribution in [1.82, 2.24) is 10.2 Å². The highest BCUT2D eigenvalue weighted by atomic mass is 16.5. The fourth-order valence-corrected chi connectivity index (χ4v) is 3.50. The first kappa shape index (κ1) is 13.3. The van der Waals surface area contributed by atoms with Crippen molar-refractivity contribution in [2.45, 2.75) is 63.6 Å². The van der Waals surface area contributed by atoms with Crippen LogP contribution in [0.4, 0.5) is 0 Å². The standard InChI is InChI=1S/C14H28N2O/c1-4-14(2)11-15-8-9-16(14)12-6-5-7-13(10-12)17-3/h12-13,15H,4-11H2,1-3H3. The Morgan fingerprint density at radius 1 is 1.41 bits per heavy atom. The smallest absolute Gasteiger partial charge is 0.0586 e. The summed E-state index contributed by atoms with van der Waals surface area (Å²) in [4.78, 5) is 2.76. The summed E-state index contributed by atoms with van der Waals surface area (Å²) < 4.78 is 5.57.